The van der Waals surface area contributed by atoms with Crippen LogP contribution in [0.15, 0.2) is 24.3 Å². The van der Waals surface area contributed by atoms with Crippen LogP contribution in [0.25, 0.3) is 6.08 Å². The lowest BCUT2D eigenvalue weighted by atomic mass is 9.81. The van der Waals surface area contributed by atoms with Gasteiger partial charge in [-0.25, -0.2) is 0 Å². The molecule has 1 fully saturated rings. The molecule has 2 rings (SSSR count). The summed E-state index contributed by atoms with van der Waals surface area (Å²) in [5.41, 5.74) is 8.89. The number of rotatable bonds is 5. The van der Waals surface area contributed by atoms with Crippen LogP contribution in [0.1, 0.15) is 55.2 Å². The minimum atomic E-state index is -0.421. The van der Waals surface area contributed by atoms with E-state index in [0.29, 0.717) is 6.54 Å². The van der Waals surface area contributed by atoms with Gasteiger partial charge in [0.2, 0.25) is 0 Å². The molecule has 0 aromatic heterocycles. The van der Waals surface area contributed by atoms with Crippen LogP contribution in [0.4, 0.5) is 0 Å². The third-order valence-corrected chi connectivity index (χ3v) is 4.27. The fourth-order valence-electron chi connectivity index (χ4n) is 3.18. The van der Waals surface area contributed by atoms with Crippen LogP contribution >= 0.6 is 0 Å². The second kappa shape index (κ2) is 7.05. The van der Waals surface area contributed by atoms with Crippen molar-refractivity contribution >= 4 is 6.08 Å². The Bertz CT molecular complexity index is 458. The minimum Gasteiger partial charge on any atom is -0.390 e. The molecule has 0 aliphatic heterocycles. The van der Waals surface area contributed by atoms with Crippen molar-refractivity contribution in [3.63, 3.8) is 0 Å². The quantitative estimate of drug-likeness (QED) is 0.861. The highest BCUT2D eigenvalue weighted by Gasteiger charge is 2.28. The third-order valence-electron chi connectivity index (χ3n) is 4.27. The van der Waals surface area contributed by atoms with Crippen LogP contribution < -0.4 is 5.73 Å². The van der Waals surface area contributed by atoms with Gasteiger partial charge in [0.25, 0.3) is 0 Å². The summed E-state index contributed by atoms with van der Waals surface area (Å²) < 4.78 is 0. The zero-order valence-corrected chi connectivity index (χ0v) is 12.6. The maximum absolute atomic E-state index is 10.6. The van der Waals surface area contributed by atoms with Gasteiger partial charge in [0, 0.05) is 6.54 Å². The van der Waals surface area contributed by atoms with Gasteiger partial charge in [-0.05, 0) is 43.7 Å². The highest BCUT2D eigenvalue weighted by Crippen LogP contribution is 2.32. The molecular weight excluding hydrogens is 246 g/mol. The van der Waals surface area contributed by atoms with E-state index in [-0.39, 0.29) is 0 Å². The van der Waals surface area contributed by atoms with E-state index in [4.69, 9.17) is 5.73 Å². The summed E-state index contributed by atoms with van der Waals surface area (Å²) in [7, 11) is 0. The average Bonchev–Trinajstić information content (AvgIpc) is 2.43. The Balaban J connectivity index is 2.01. The van der Waals surface area contributed by atoms with E-state index in [1.54, 1.807) is 0 Å². The molecule has 2 heteroatoms. The van der Waals surface area contributed by atoms with Gasteiger partial charge in [-0.2, -0.15) is 0 Å². The predicted octanol–water partition coefficient (Wildman–Crippen LogP) is 3.59. The predicted molar refractivity (Wildman–Crippen MR) is 85.6 cm³/mol. The van der Waals surface area contributed by atoms with Gasteiger partial charge in [0.05, 0.1) is 5.60 Å². The van der Waals surface area contributed by atoms with Gasteiger partial charge >= 0.3 is 0 Å². The Labute approximate surface area is 122 Å². The summed E-state index contributed by atoms with van der Waals surface area (Å²) in [4.78, 5) is 0. The number of nitrogens with two attached hydrogens (primary N) is 1. The maximum Gasteiger partial charge on any atom is 0.0651 e. The number of hydrogen-bond donors (Lipinski definition) is 2. The lowest BCUT2D eigenvalue weighted by molar-refractivity contribution is -0.00342. The summed E-state index contributed by atoms with van der Waals surface area (Å²) in [5, 5.41) is 10.6. The van der Waals surface area contributed by atoms with Crippen LogP contribution in [-0.4, -0.2) is 17.3 Å². The lowest BCUT2D eigenvalue weighted by Gasteiger charge is -2.32. The molecule has 1 aliphatic carbocycles. The van der Waals surface area contributed by atoms with Crippen LogP contribution in [-0.2, 0) is 6.42 Å². The van der Waals surface area contributed by atoms with E-state index in [1.807, 2.05) is 6.08 Å². The summed E-state index contributed by atoms with van der Waals surface area (Å²) in [5.74, 6) is 0. The van der Waals surface area contributed by atoms with E-state index in [2.05, 4.69) is 31.2 Å². The highest BCUT2D eigenvalue weighted by molar-refractivity contribution is 5.52. The fourth-order valence-corrected chi connectivity index (χ4v) is 3.18. The van der Waals surface area contributed by atoms with Crippen molar-refractivity contribution in [2.75, 3.05) is 6.54 Å². The Morgan fingerprint density at radius 1 is 1.20 bits per heavy atom. The normalized spacial score (nSPS) is 18.6. The number of hydrogen-bond acceptors (Lipinski definition) is 2. The summed E-state index contributed by atoms with van der Waals surface area (Å²) in [6.45, 7) is 2.70. The molecule has 0 radical (unpaired) electrons. The van der Waals surface area contributed by atoms with Gasteiger partial charge in [-0.15, -0.1) is 0 Å². The third kappa shape index (κ3) is 4.46. The van der Waals surface area contributed by atoms with E-state index in [0.717, 1.165) is 25.7 Å². The first-order valence-electron chi connectivity index (χ1n) is 7.81. The molecule has 110 valence electrons. The first-order valence-corrected chi connectivity index (χ1v) is 7.81. The molecule has 0 spiro atoms. The molecule has 20 heavy (non-hydrogen) atoms. The molecule has 1 aromatic carbocycles. The Hall–Kier alpha value is -1.12. The number of aryl methyl sites for hydroxylation is 2. The van der Waals surface area contributed by atoms with Crippen LogP contribution in [0.2, 0.25) is 0 Å². The second-order valence-corrected chi connectivity index (χ2v) is 6.18. The molecule has 1 aromatic rings. The molecule has 1 saturated carbocycles. The fraction of sp³-hybridized carbons (Fsp3) is 0.556. The van der Waals surface area contributed by atoms with Gasteiger partial charge in [-0.1, -0.05) is 55.2 Å². The van der Waals surface area contributed by atoms with E-state index >= 15 is 0 Å². The molecule has 0 unspecified atom stereocenters. The molecule has 3 N–H and O–H groups in total. The molecule has 1 aliphatic rings. The Morgan fingerprint density at radius 2 is 1.95 bits per heavy atom. The van der Waals surface area contributed by atoms with E-state index in [9.17, 15) is 5.11 Å². The molecule has 0 bridgehead atoms. The van der Waals surface area contributed by atoms with Crippen molar-refractivity contribution in [2.24, 2.45) is 5.73 Å². The molecule has 0 saturated heterocycles. The molecular formula is C18H27NO. The lowest BCUT2D eigenvalue weighted by Crippen LogP contribution is -2.31. The van der Waals surface area contributed by atoms with Crippen LogP contribution in [0.5, 0.6) is 0 Å². The zero-order chi connectivity index (χ0) is 14.4. The zero-order valence-electron chi connectivity index (χ0n) is 12.6. The topological polar surface area (TPSA) is 46.2 Å². The first-order chi connectivity index (χ1) is 9.61. The van der Waals surface area contributed by atoms with Crippen LogP contribution in [0.3, 0.4) is 0 Å². The largest absolute Gasteiger partial charge is 0.390 e. The smallest absolute Gasteiger partial charge is 0.0651 e. The first kappa shape index (κ1) is 15.3. The summed E-state index contributed by atoms with van der Waals surface area (Å²) >= 11 is 0. The number of aliphatic hydroxyl groups is 1. The van der Waals surface area contributed by atoms with Crippen molar-refractivity contribution in [3.8, 4) is 0 Å². The van der Waals surface area contributed by atoms with E-state index < -0.39 is 5.60 Å². The summed E-state index contributed by atoms with van der Waals surface area (Å²) in [6.07, 6.45) is 11.5. The second-order valence-electron chi connectivity index (χ2n) is 6.18. The van der Waals surface area contributed by atoms with Crippen molar-refractivity contribution < 1.29 is 5.11 Å². The average molecular weight is 273 g/mol. The number of benzene rings is 1. The van der Waals surface area contributed by atoms with Crippen molar-refractivity contribution in [3.05, 3.63) is 41.0 Å². The van der Waals surface area contributed by atoms with Gasteiger partial charge in [-0.3, -0.25) is 0 Å². The molecule has 2 nitrogen and oxygen atoms in total. The molecule has 0 heterocycles. The Morgan fingerprint density at radius 3 is 2.65 bits per heavy atom. The monoisotopic (exact) mass is 273 g/mol. The van der Waals surface area contributed by atoms with Crippen molar-refractivity contribution in [1.29, 1.82) is 0 Å². The van der Waals surface area contributed by atoms with E-state index in [1.165, 1.54) is 36.0 Å². The van der Waals surface area contributed by atoms with Crippen LogP contribution in [0, 0.1) is 6.92 Å². The molecule has 0 atom stereocenters. The maximum atomic E-state index is 10.6. The van der Waals surface area contributed by atoms with Crippen molar-refractivity contribution in [1.82, 2.24) is 0 Å². The van der Waals surface area contributed by atoms with Gasteiger partial charge < -0.3 is 10.8 Å². The Kier molecular flexibility index (Phi) is 5.38. The SMILES string of the molecule is Cc1cc(C=CCN)cc(CCC2(O)CCCCC2)c1. The van der Waals surface area contributed by atoms with Crippen molar-refractivity contribution in [2.45, 2.75) is 57.5 Å². The van der Waals surface area contributed by atoms with Gasteiger partial charge in [0.15, 0.2) is 0 Å². The molecule has 0 amide bonds. The standard InChI is InChI=1S/C18H27NO/c1-15-12-16(6-5-11-19)14-17(13-15)7-10-18(20)8-3-2-4-9-18/h5-6,12-14,20H,2-4,7-11,19H2,1H3. The highest BCUT2D eigenvalue weighted by atomic mass is 16.3. The minimum absolute atomic E-state index is 0.421. The summed E-state index contributed by atoms with van der Waals surface area (Å²) in [6, 6.07) is 6.61. The van der Waals surface area contributed by atoms with Gasteiger partial charge in [0.1, 0.15) is 0 Å².